The minimum absolute atomic E-state index is 0.0472. The van der Waals surface area contributed by atoms with E-state index in [9.17, 15) is 9.59 Å². The zero-order valence-electron chi connectivity index (χ0n) is 20.0. The van der Waals surface area contributed by atoms with Crippen LogP contribution in [0.25, 0.3) is 10.9 Å². The summed E-state index contributed by atoms with van der Waals surface area (Å²) in [5.74, 6) is 0.583. The van der Waals surface area contributed by atoms with Gasteiger partial charge in [0.1, 0.15) is 31.1 Å². The molecule has 2 amide bonds. The van der Waals surface area contributed by atoms with Gasteiger partial charge in [-0.25, -0.2) is 9.97 Å². The fourth-order valence-corrected chi connectivity index (χ4v) is 3.67. The first-order chi connectivity index (χ1) is 18.0. The Labute approximate surface area is 218 Å². The summed E-state index contributed by atoms with van der Waals surface area (Å²) in [5.41, 5.74) is 2.92. The average Bonchev–Trinajstić information content (AvgIpc) is 2.89. The lowest BCUT2D eigenvalue weighted by Crippen LogP contribution is -2.30. The highest BCUT2D eigenvalue weighted by Gasteiger charge is 2.10. The molecule has 37 heavy (non-hydrogen) atoms. The highest BCUT2D eigenvalue weighted by molar-refractivity contribution is 6.32. The number of anilines is 3. The predicted molar refractivity (Wildman–Crippen MR) is 141 cm³/mol. The number of carbonyl (C=O) groups is 2. The zero-order valence-corrected chi connectivity index (χ0v) is 20.8. The van der Waals surface area contributed by atoms with E-state index in [4.69, 9.17) is 21.1 Å². The molecule has 10 nitrogen and oxygen atoms in total. The summed E-state index contributed by atoms with van der Waals surface area (Å²) in [6.07, 6.45) is 5.02. The first-order valence-electron chi connectivity index (χ1n) is 11.4. The van der Waals surface area contributed by atoms with Gasteiger partial charge in [0, 0.05) is 54.8 Å². The fraction of sp³-hybridized carbons (Fsp3) is 0.192. The Kier molecular flexibility index (Phi) is 8.79. The number of ether oxygens (including phenoxy) is 2. The van der Waals surface area contributed by atoms with Crippen LogP contribution in [0, 0.1) is 0 Å². The number of aromatic nitrogens is 3. The number of hydrogen-bond donors (Lipinski definition) is 3. The molecule has 0 spiro atoms. The van der Waals surface area contributed by atoms with Gasteiger partial charge in [0.25, 0.3) is 0 Å². The number of benzene rings is 2. The van der Waals surface area contributed by atoms with Gasteiger partial charge < -0.3 is 25.4 Å². The molecule has 2 aromatic heterocycles. The first kappa shape index (κ1) is 25.8. The Bertz CT molecular complexity index is 1390. The summed E-state index contributed by atoms with van der Waals surface area (Å²) in [4.78, 5) is 36.5. The van der Waals surface area contributed by atoms with Crippen molar-refractivity contribution in [1.82, 2.24) is 20.3 Å². The molecule has 0 aliphatic rings. The normalized spacial score (nSPS) is 10.6. The molecule has 0 aliphatic heterocycles. The maximum absolute atomic E-state index is 12.3. The monoisotopic (exact) mass is 520 g/mol. The van der Waals surface area contributed by atoms with Crippen LogP contribution in [0.15, 0.2) is 67.3 Å². The van der Waals surface area contributed by atoms with Crippen molar-refractivity contribution in [3.8, 4) is 5.75 Å². The Morgan fingerprint density at radius 2 is 1.89 bits per heavy atom. The number of pyridine rings is 1. The van der Waals surface area contributed by atoms with Gasteiger partial charge in [-0.3, -0.25) is 14.6 Å². The average molecular weight is 521 g/mol. The minimum Gasteiger partial charge on any atom is -0.487 e. The number of nitrogens with zero attached hydrogens (tertiary/aromatic N) is 3. The van der Waals surface area contributed by atoms with Gasteiger partial charge in [0.05, 0.1) is 10.5 Å². The van der Waals surface area contributed by atoms with Gasteiger partial charge in [-0.2, -0.15) is 0 Å². The summed E-state index contributed by atoms with van der Waals surface area (Å²) >= 11 is 6.45. The van der Waals surface area contributed by atoms with E-state index >= 15 is 0 Å². The van der Waals surface area contributed by atoms with E-state index in [-0.39, 0.29) is 31.4 Å². The van der Waals surface area contributed by atoms with Crippen LogP contribution in [-0.4, -0.2) is 47.0 Å². The van der Waals surface area contributed by atoms with E-state index in [0.717, 1.165) is 5.56 Å². The number of amides is 2. The predicted octanol–water partition coefficient (Wildman–Crippen LogP) is 4.09. The smallest absolute Gasteiger partial charge is 0.245 e. The van der Waals surface area contributed by atoms with Crippen LogP contribution in [0.2, 0.25) is 5.02 Å². The molecule has 0 radical (unpaired) electrons. The summed E-state index contributed by atoms with van der Waals surface area (Å²) in [6.45, 7) is 0.513. The molecule has 2 aromatic carbocycles. The van der Waals surface area contributed by atoms with Gasteiger partial charge in [-0.1, -0.05) is 17.7 Å². The summed E-state index contributed by atoms with van der Waals surface area (Å²) in [7, 11) is 1.43. The molecule has 0 fully saturated rings. The lowest BCUT2D eigenvalue weighted by Gasteiger charge is -2.13. The molecule has 0 atom stereocenters. The number of nitrogens with one attached hydrogen (secondary N) is 3. The standard InChI is InChI=1S/C26H25ClN6O4/c1-36-15-25(35)29-10-8-24(34)32-18-4-6-22-20(11-18)26(31-16-30-22)33-19-5-7-23(21(27)12-19)37-14-17-3-2-9-28-13-17/h2-7,9,11-13,16H,8,10,14-15H2,1H3,(H,29,35)(H,32,34)(H,30,31,33). The lowest BCUT2D eigenvalue weighted by molar-refractivity contribution is -0.124. The van der Waals surface area contributed by atoms with Crippen molar-refractivity contribution in [1.29, 1.82) is 0 Å². The third kappa shape index (κ3) is 7.35. The molecule has 0 bridgehead atoms. The number of fused-ring (bicyclic) bond motifs is 1. The Morgan fingerprint density at radius 1 is 1.03 bits per heavy atom. The van der Waals surface area contributed by atoms with E-state index in [1.165, 1.54) is 13.4 Å². The largest absolute Gasteiger partial charge is 0.487 e. The molecule has 0 aliphatic carbocycles. The van der Waals surface area contributed by atoms with Crippen LogP contribution in [-0.2, 0) is 20.9 Å². The van der Waals surface area contributed by atoms with Crippen molar-refractivity contribution in [2.24, 2.45) is 0 Å². The van der Waals surface area contributed by atoms with Gasteiger partial charge >= 0.3 is 0 Å². The molecule has 0 saturated carbocycles. The highest BCUT2D eigenvalue weighted by atomic mass is 35.5. The van der Waals surface area contributed by atoms with E-state index < -0.39 is 0 Å². The second-order valence-electron chi connectivity index (χ2n) is 7.96. The molecule has 190 valence electrons. The van der Waals surface area contributed by atoms with Crippen LogP contribution in [0.1, 0.15) is 12.0 Å². The van der Waals surface area contributed by atoms with Crippen LogP contribution in [0.3, 0.4) is 0 Å². The third-order valence-corrected chi connectivity index (χ3v) is 5.48. The molecule has 0 unspecified atom stereocenters. The van der Waals surface area contributed by atoms with Crippen molar-refractivity contribution in [3.63, 3.8) is 0 Å². The fourth-order valence-electron chi connectivity index (χ4n) is 3.43. The molecule has 11 heteroatoms. The molecule has 2 heterocycles. The van der Waals surface area contributed by atoms with Crippen LogP contribution >= 0.6 is 11.6 Å². The highest BCUT2D eigenvalue weighted by Crippen LogP contribution is 2.31. The van der Waals surface area contributed by atoms with Crippen molar-refractivity contribution in [3.05, 3.63) is 77.8 Å². The zero-order chi connectivity index (χ0) is 26.0. The van der Waals surface area contributed by atoms with E-state index in [0.29, 0.717) is 45.5 Å². The van der Waals surface area contributed by atoms with Crippen molar-refractivity contribution in [2.75, 3.05) is 30.9 Å². The molecule has 3 N–H and O–H groups in total. The van der Waals surface area contributed by atoms with E-state index in [1.807, 2.05) is 18.2 Å². The lowest BCUT2D eigenvalue weighted by atomic mass is 10.2. The van der Waals surface area contributed by atoms with Gasteiger partial charge in [-0.15, -0.1) is 0 Å². The summed E-state index contributed by atoms with van der Waals surface area (Å²) in [6, 6.07) is 14.5. The Morgan fingerprint density at radius 3 is 2.68 bits per heavy atom. The molecule has 4 aromatic rings. The molecule has 0 saturated heterocycles. The maximum Gasteiger partial charge on any atom is 0.245 e. The summed E-state index contributed by atoms with van der Waals surface area (Å²) in [5, 5.41) is 9.85. The minimum atomic E-state index is -0.276. The molecule has 4 rings (SSSR count). The molecular weight excluding hydrogens is 496 g/mol. The van der Waals surface area contributed by atoms with Gasteiger partial charge in [-0.05, 0) is 42.5 Å². The number of rotatable bonds is 11. The molecular formula is C26H25ClN6O4. The quantitative estimate of drug-likeness (QED) is 0.270. The number of hydrogen-bond acceptors (Lipinski definition) is 8. The Balaban J connectivity index is 1.42. The maximum atomic E-state index is 12.3. The number of halogens is 1. The number of carbonyl (C=O) groups excluding carboxylic acids is 2. The summed E-state index contributed by atoms with van der Waals surface area (Å²) < 4.78 is 10.6. The van der Waals surface area contributed by atoms with Gasteiger partial charge in [0.15, 0.2) is 0 Å². The van der Waals surface area contributed by atoms with Crippen molar-refractivity contribution < 1.29 is 19.1 Å². The second kappa shape index (κ2) is 12.6. The van der Waals surface area contributed by atoms with E-state index in [1.54, 1.807) is 42.7 Å². The van der Waals surface area contributed by atoms with Crippen LogP contribution < -0.4 is 20.7 Å². The third-order valence-electron chi connectivity index (χ3n) is 5.18. The first-order valence-corrected chi connectivity index (χ1v) is 11.8. The topological polar surface area (TPSA) is 127 Å². The Hall–Kier alpha value is -4.28. The van der Waals surface area contributed by atoms with Gasteiger partial charge in [0.2, 0.25) is 11.8 Å². The van der Waals surface area contributed by atoms with E-state index in [2.05, 4.69) is 30.9 Å². The second-order valence-corrected chi connectivity index (χ2v) is 8.36. The van der Waals surface area contributed by atoms with Crippen LogP contribution in [0.5, 0.6) is 5.75 Å². The number of methoxy groups -OCH3 is 1. The van der Waals surface area contributed by atoms with Crippen LogP contribution in [0.4, 0.5) is 17.2 Å². The SMILES string of the molecule is COCC(=O)NCCC(=O)Nc1ccc2ncnc(Nc3ccc(OCc4cccnc4)c(Cl)c3)c2c1. The van der Waals surface area contributed by atoms with Crippen molar-refractivity contribution in [2.45, 2.75) is 13.0 Å². The van der Waals surface area contributed by atoms with Crippen molar-refractivity contribution >= 4 is 51.5 Å².